The number of H-pyrrole nitrogens is 1. The lowest BCUT2D eigenvalue weighted by Gasteiger charge is -2.32. The third-order valence-corrected chi connectivity index (χ3v) is 4.20. The molecule has 1 aromatic rings. The van der Waals surface area contributed by atoms with Gasteiger partial charge in [0.1, 0.15) is 5.60 Å². The van der Waals surface area contributed by atoms with E-state index in [0.717, 1.165) is 24.2 Å². The second-order valence-corrected chi connectivity index (χ2v) is 5.52. The molecule has 102 valence electrons. The van der Waals surface area contributed by atoms with E-state index >= 15 is 0 Å². The number of aliphatic hydroxyl groups excluding tert-OH is 1. The molecule has 0 spiro atoms. The van der Waals surface area contributed by atoms with Crippen LogP contribution in [0.2, 0.25) is 0 Å². The number of nitrogens with zero attached hydrogens (tertiary/aromatic N) is 1. The number of fused-ring (bicyclic) bond motifs is 1. The highest BCUT2D eigenvalue weighted by Crippen LogP contribution is 2.31. The molecule has 2 aliphatic carbocycles. The van der Waals surface area contributed by atoms with Gasteiger partial charge in [0.2, 0.25) is 0 Å². The van der Waals surface area contributed by atoms with E-state index in [-0.39, 0.29) is 11.7 Å². The number of aromatic amines is 1. The normalized spacial score (nSPS) is 34.0. The van der Waals surface area contributed by atoms with E-state index in [4.69, 9.17) is 0 Å². The van der Waals surface area contributed by atoms with Gasteiger partial charge < -0.3 is 15.2 Å². The Morgan fingerprint density at radius 1 is 1.47 bits per heavy atom. The highest BCUT2D eigenvalue weighted by atomic mass is 16.3. The van der Waals surface area contributed by atoms with E-state index in [1.54, 1.807) is 6.33 Å². The summed E-state index contributed by atoms with van der Waals surface area (Å²) in [5.41, 5.74) is 0.639. The van der Waals surface area contributed by atoms with Gasteiger partial charge in [-0.05, 0) is 38.2 Å². The summed E-state index contributed by atoms with van der Waals surface area (Å²) in [5.74, 6) is -0.297. The van der Waals surface area contributed by atoms with Crippen LogP contribution in [0.1, 0.15) is 30.7 Å². The maximum atomic E-state index is 12.5. The van der Waals surface area contributed by atoms with Crippen LogP contribution >= 0.6 is 0 Å². The first-order chi connectivity index (χ1) is 9.08. The van der Waals surface area contributed by atoms with Gasteiger partial charge in [0, 0.05) is 11.6 Å². The summed E-state index contributed by atoms with van der Waals surface area (Å²) in [7, 11) is 0. The van der Waals surface area contributed by atoms with Crippen LogP contribution in [0.4, 0.5) is 0 Å². The summed E-state index contributed by atoms with van der Waals surface area (Å²) in [5, 5.41) is 19.8. The maximum absolute atomic E-state index is 12.5. The van der Waals surface area contributed by atoms with E-state index in [1.807, 2.05) is 0 Å². The molecule has 0 saturated heterocycles. The number of hydrogen-bond donors (Lipinski definition) is 3. The van der Waals surface area contributed by atoms with Crippen molar-refractivity contribution in [2.24, 2.45) is 5.92 Å². The van der Waals surface area contributed by atoms with Crippen LogP contribution in [0.5, 0.6) is 0 Å². The fraction of sp³-hybridized carbons (Fsp3) is 0.571. The minimum absolute atomic E-state index is 0.129. The SMILES string of the molecule is O=C(C1CCc2nc[nH]c2C1)C1(O)C=CC(O)CC1. The zero-order chi connectivity index (χ0) is 13.5. The van der Waals surface area contributed by atoms with Crippen molar-refractivity contribution in [1.29, 1.82) is 0 Å². The van der Waals surface area contributed by atoms with Gasteiger partial charge in [-0.15, -0.1) is 0 Å². The second-order valence-electron chi connectivity index (χ2n) is 5.52. The number of Topliss-reactive ketones (excluding diaryl/α,β-unsaturated/α-hetero) is 1. The van der Waals surface area contributed by atoms with Gasteiger partial charge >= 0.3 is 0 Å². The van der Waals surface area contributed by atoms with Crippen molar-refractivity contribution < 1.29 is 15.0 Å². The van der Waals surface area contributed by atoms with E-state index in [0.29, 0.717) is 19.3 Å². The van der Waals surface area contributed by atoms with E-state index in [9.17, 15) is 15.0 Å². The lowest BCUT2D eigenvalue weighted by Crippen LogP contribution is -2.45. The average Bonchev–Trinajstić information content (AvgIpc) is 2.88. The molecule has 1 aromatic heterocycles. The van der Waals surface area contributed by atoms with Crippen molar-refractivity contribution in [3.63, 3.8) is 0 Å². The lowest BCUT2D eigenvalue weighted by atomic mass is 9.76. The fourth-order valence-electron chi connectivity index (χ4n) is 3.00. The molecule has 2 aliphatic rings. The summed E-state index contributed by atoms with van der Waals surface area (Å²) in [6, 6.07) is 0. The Labute approximate surface area is 111 Å². The number of hydrogen-bond acceptors (Lipinski definition) is 4. The maximum Gasteiger partial charge on any atom is 0.171 e. The van der Waals surface area contributed by atoms with Crippen molar-refractivity contribution in [2.75, 3.05) is 0 Å². The zero-order valence-electron chi connectivity index (χ0n) is 10.7. The molecule has 0 aliphatic heterocycles. The number of rotatable bonds is 2. The zero-order valence-corrected chi connectivity index (χ0v) is 10.7. The van der Waals surface area contributed by atoms with Crippen molar-refractivity contribution in [3.8, 4) is 0 Å². The highest BCUT2D eigenvalue weighted by molar-refractivity contribution is 5.91. The molecule has 0 saturated carbocycles. The molecule has 0 radical (unpaired) electrons. The first-order valence-corrected chi connectivity index (χ1v) is 6.74. The summed E-state index contributed by atoms with van der Waals surface area (Å²) in [6.07, 6.45) is 6.95. The first-order valence-electron chi connectivity index (χ1n) is 6.74. The van der Waals surface area contributed by atoms with Gasteiger partial charge in [-0.25, -0.2) is 4.98 Å². The smallest absolute Gasteiger partial charge is 0.171 e. The molecule has 3 rings (SSSR count). The molecule has 0 fully saturated rings. The summed E-state index contributed by atoms with van der Waals surface area (Å²) < 4.78 is 0. The van der Waals surface area contributed by atoms with Crippen LogP contribution < -0.4 is 0 Å². The van der Waals surface area contributed by atoms with Gasteiger partial charge in [0.05, 0.1) is 18.1 Å². The highest BCUT2D eigenvalue weighted by Gasteiger charge is 2.41. The van der Waals surface area contributed by atoms with E-state index in [2.05, 4.69) is 9.97 Å². The Morgan fingerprint density at radius 3 is 3.05 bits per heavy atom. The molecule has 5 heteroatoms. The van der Waals surface area contributed by atoms with E-state index in [1.165, 1.54) is 12.2 Å². The Balaban J connectivity index is 1.77. The predicted octanol–water partition coefficient (Wildman–Crippen LogP) is 0.526. The molecule has 3 N–H and O–H groups in total. The van der Waals surface area contributed by atoms with Crippen LogP contribution in [0.3, 0.4) is 0 Å². The molecule has 3 atom stereocenters. The third kappa shape index (κ3) is 2.24. The number of aryl methyl sites for hydroxylation is 1. The topological polar surface area (TPSA) is 86.2 Å². The summed E-state index contributed by atoms with van der Waals surface area (Å²) in [4.78, 5) is 19.8. The number of nitrogens with one attached hydrogen (secondary N) is 1. The molecular weight excluding hydrogens is 244 g/mol. The van der Waals surface area contributed by atoms with Crippen LogP contribution in [0.25, 0.3) is 0 Å². The molecule has 19 heavy (non-hydrogen) atoms. The summed E-state index contributed by atoms with van der Waals surface area (Å²) in [6.45, 7) is 0. The summed E-state index contributed by atoms with van der Waals surface area (Å²) >= 11 is 0. The average molecular weight is 262 g/mol. The van der Waals surface area contributed by atoms with Gasteiger partial charge in [-0.2, -0.15) is 0 Å². The third-order valence-electron chi connectivity index (χ3n) is 4.20. The minimum Gasteiger partial charge on any atom is -0.389 e. The number of aliphatic hydroxyl groups is 2. The molecule has 0 bridgehead atoms. The Kier molecular flexibility index (Phi) is 3.03. The van der Waals surface area contributed by atoms with Crippen LogP contribution in [-0.2, 0) is 17.6 Å². The molecule has 0 amide bonds. The number of ketones is 1. The molecule has 3 unspecified atom stereocenters. The Bertz CT molecular complexity index is 523. The number of imidazole rings is 1. The molecular formula is C14H18N2O3. The minimum atomic E-state index is -1.40. The predicted molar refractivity (Wildman–Crippen MR) is 68.4 cm³/mol. The van der Waals surface area contributed by atoms with Crippen molar-refractivity contribution >= 4 is 5.78 Å². The van der Waals surface area contributed by atoms with Gasteiger partial charge in [-0.1, -0.05) is 6.08 Å². The first kappa shape index (κ1) is 12.6. The largest absolute Gasteiger partial charge is 0.389 e. The standard InChI is InChI=1S/C14H18N2O3/c17-10-3-5-14(19,6-4-10)13(18)9-1-2-11-12(7-9)16-8-15-11/h3,5,8-10,17,19H,1-2,4,6-7H2,(H,15,16). The molecule has 0 aromatic carbocycles. The van der Waals surface area contributed by atoms with Crippen LogP contribution in [-0.4, -0.2) is 37.7 Å². The van der Waals surface area contributed by atoms with Crippen molar-refractivity contribution in [2.45, 2.75) is 43.8 Å². The van der Waals surface area contributed by atoms with Crippen LogP contribution in [0.15, 0.2) is 18.5 Å². The number of aromatic nitrogens is 2. The molecule has 5 nitrogen and oxygen atoms in total. The molecule has 1 heterocycles. The van der Waals surface area contributed by atoms with E-state index < -0.39 is 11.7 Å². The lowest BCUT2D eigenvalue weighted by molar-refractivity contribution is -0.139. The number of carbonyl (C=O) groups excluding carboxylic acids is 1. The number of carbonyl (C=O) groups is 1. The van der Waals surface area contributed by atoms with Crippen molar-refractivity contribution in [3.05, 3.63) is 29.9 Å². The van der Waals surface area contributed by atoms with Gasteiger partial charge in [0.15, 0.2) is 5.78 Å². The Hall–Kier alpha value is -1.46. The van der Waals surface area contributed by atoms with Crippen LogP contribution in [0, 0.1) is 5.92 Å². The second kappa shape index (κ2) is 4.58. The fourth-order valence-corrected chi connectivity index (χ4v) is 3.00. The van der Waals surface area contributed by atoms with Gasteiger partial charge in [-0.3, -0.25) is 4.79 Å². The monoisotopic (exact) mass is 262 g/mol. The Morgan fingerprint density at radius 2 is 2.32 bits per heavy atom. The quantitative estimate of drug-likeness (QED) is 0.678. The van der Waals surface area contributed by atoms with Gasteiger partial charge in [0.25, 0.3) is 0 Å². The van der Waals surface area contributed by atoms with Crippen molar-refractivity contribution in [1.82, 2.24) is 9.97 Å².